The third-order valence-electron chi connectivity index (χ3n) is 4.13. The lowest BCUT2D eigenvalue weighted by Gasteiger charge is -2.21. The maximum Gasteiger partial charge on any atom is 0.416 e. The zero-order chi connectivity index (χ0) is 22.3. The molecule has 1 atom stereocenters. The van der Waals surface area contributed by atoms with Crippen LogP contribution in [0.3, 0.4) is 0 Å². The Balaban J connectivity index is 1.99. The van der Waals surface area contributed by atoms with Gasteiger partial charge in [0.05, 0.1) is 22.7 Å². The van der Waals surface area contributed by atoms with Crippen LogP contribution in [0.2, 0.25) is 5.02 Å². The van der Waals surface area contributed by atoms with Crippen LogP contribution in [0.5, 0.6) is 0 Å². The molecule has 0 radical (unpaired) electrons. The van der Waals surface area contributed by atoms with Gasteiger partial charge in [0.25, 0.3) is 5.91 Å². The van der Waals surface area contributed by atoms with E-state index in [1.54, 1.807) is 38.1 Å². The van der Waals surface area contributed by atoms with Crippen LogP contribution in [0.4, 0.5) is 13.2 Å². The van der Waals surface area contributed by atoms with Crippen LogP contribution >= 0.6 is 11.6 Å². The standard InChI is InChI=1S/C22H20ClF3N2O2/c1-14(2)19(28-20(29)17-10-3-4-11-18(17)23)21(30)27-12-6-8-15-7-5-9-16(13-15)22(24,25)26/h3-5,7,9-11,13-14,19H,12H2,1-2H3,(H,27,30)(H,28,29). The Hall–Kier alpha value is -2.98. The summed E-state index contributed by atoms with van der Waals surface area (Å²) in [6, 6.07) is 10.3. The van der Waals surface area contributed by atoms with Crippen molar-refractivity contribution in [1.29, 1.82) is 0 Å². The van der Waals surface area contributed by atoms with Crippen molar-refractivity contribution in [2.45, 2.75) is 26.1 Å². The van der Waals surface area contributed by atoms with Crippen LogP contribution < -0.4 is 10.6 Å². The van der Waals surface area contributed by atoms with Crippen molar-refractivity contribution in [2.75, 3.05) is 6.54 Å². The molecule has 0 saturated heterocycles. The Bertz CT molecular complexity index is 978. The van der Waals surface area contributed by atoms with E-state index in [1.165, 1.54) is 12.1 Å². The predicted molar refractivity (Wildman–Crippen MR) is 109 cm³/mol. The van der Waals surface area contributed by atoms with Crippen molar-refractivity contribution in [3.05, 3.63) is 70.2 Å². The van der Waals surface area contributed by atoms with Gasteiger partial charge in [-0.3, -0.25) is 9.59 Å². The van der Waals surface area contributed by atoms with Gasteiger partial charge in [-0.1, -0.05) is 55.5 Å². The first-order valence-corrected chi connectivity index (χ1v) is 9.46. The average molecular weight is 437 g/mol. The van der Waals surface area contributed by atoms with E-state index in [-0.39, 0.29) is 28.6 Å². The predicted octanol–water partition coefficient (Wildman–Crippen LogP) is 4.28. The third-order valence-corrected chi connectivity index (χ3v) is 4.46. The summed E-state index contributed by atoms with van der Waals surface area (Å²) in [5.41, 5.74) is -0.353. The van der Waals surface area contributed by atoms with Gasteiger partial charge in [-0.25, -0.2) is 0 Å². The molecule has 0 heterocycles. The number of carbonyl (C=O) groups excluding carboxylic acids is 2. The monoisotopic (exact) mass is 436 g/mol. The van der Waals surface area contributed by atoms with E-state index < -0.39 is 29.6 Å². The number of nitrogens with one attached hydrogen (secondary N) is 2. The van der Waals surface area contributed by atoms with Gasteiger partial charge < -0.3 is 10.6 Å². The minimum atomic E-state index is -4.45. The Kier molecular flexibility index (Phi) is 7.90. The molecule has 2 rings (SSSR count). The molecule has 4 nitrogen and oxygen atoms in total. The van der Waals surface area contributed by atoms with Crippen molar-refractivity contribution in [1.82, 2.24) is 10.6 Å². The zero-order valence-corrected chi connectivity index (χ0v) is 17.1. The molecule has 30 heavy (non-hydrogen) atoms. The molecule has 2 N–H and O–H groups in total. The molecule has 0 saturated carbocycles. The molecule has 158 valence electrons. The topological polar surface area (TPSA) is 58.2 Å². The van der Waals surface area contributed by atoms with Crippen molar-refractivity contribution >= 4 is 23.4 Å². The molecule has 0 aromatic heterocycles. The Morgan fingerprint density at radius 3 is 2.43 bits per heavy atom. The first-order valence-electron chi connectivity index (χ1n) is 9.09. The number of rotatable bonds is 5. The highest BCUT2D eigenvalue weighted by Gasteiger charge is 2.30. The summed E-state index contributed by atoms with van der Waals surface area (Å²) >= 11 is 6.01. The summed E-state index contributed by atoms with van der Waals surface area (Å²) < 4.78 is 38.2. The Morgan fingerprint density at radius 2 is 1.80 bits per heavy atom. The fourth-order valence-corrected chi connectivity index (χ4v) is 2.78. The van der Waals surface area contributed by atoms with Crippen LogP contribution in [-0.4, -0.2) is 24.4 Å². The summed E-state index contributed by atoms with van der Waals surface area (Å²) in [4.78, 5) is 24.9. The second-order valence-electron chi connectivity index (χ2n) is 6.77. The Labute approximate surface area is 177 Å². The summed E-state index contributed by atoms with van der Waals surface area (Å²) in [5.74, 6) is 4.05. The number of halogens is 4. The molecular weight excluding hydrogens is 417 g/mol. The summed E-state index contributed by atoms with van der Waals surface area (Å²) in [6.45, 7) is 3.46. The zero-order valence-electron chi connectivity index (χ0n) is 16.3. The SMILES string of the molecule is CC(C)C(NC(=O)c1ccccc1Cl)C(=O)NCC#Cc1cccc(C(F)(F)F)c1. The minimum Gasteiger partial charge on any atom is -0.343 e. The minimum absolute atomic E-state index is 0.0831. The highest BCUT2D eigenvalue weighted by Crippen LogP contribution is 2.29. The summed E-state index contributed by atoms with van der Waals surface area (Å²) in [6.07, 6.45) is -4.45. The second kappa shape index (κ2) is 10.2. The van der Waals surface area contributed by atoms with Gasteiger partial charge in [-0.05, 0) is 36.2 Å². The molecule has 2 aromatic carbocycles. The summed E-state index contributed by atoms with van der Waals surface area (Å²) in [7, 11) is 0. The lowest BCUT2D eigenvalue weighted by molar-refractivity contribution is -0.137. The number of hydrogen-bond donors (Lipinski definition) is 2. The molecule has 0 aliphatic carbocycles. The van der Waals surface area contributed by atoms with Gasteiger partial charge in [-0.15, -0.1) is 0 Å². The molecule has 2 aromatic rings. The maximum atomic E-state index is 12.7. The summed E-state index contributed by atoms with van der Waals surface area (Å²) in [5, 5.41) is 5.48. The molecule has 0 spiro atoms. The van der Waals surface area contributed by atoms with Crippen molar-refractivity contribution in [2.24, 2.45) is 5.92 Å². The van der Waals surface area contributed by atoms with Gasteiger partial charge >= 0.3 is 6.18 Å². The molecule has 2 amide bonds. The second-order valence-corrected chi connectivity index (χ2v) is 7.18. The van der Waals surface area contributed by atoms with Crippen LogP contribution in [0.25, 0.3) is 0 Å². The quantitative estimate of drug-likeness (QED) is 0.687. The van der Waals surface area contributed by atoms with Crippen LogP contribution in [0.1, 0.15) is 35.3 Å². The van der Waals surface area contributed by atoms with Crippen LogP contribution in [-0.2, 0) is 11.0 Å². The highest BCUT2D eigenvalue weighted by molar-refractivity contribution is 6.33. The average Bonchev–Trinajstić information content (AvgIpc) is 2.68. The van der Waals surface area contributed by atoms with E-state index >= 15 is 0 Å². The third kappa shape index (κ3) is 6.53. The van der Waals surface area contributed by atoms with Crippen LogP contribution in [0, 0.1) is 17.8 Å². The van der Waals surface area contributed by atoms with Gasteiger partial charge in [0.1, 0.15) is 6.04 Å². The lowest BCUT2D eigenvalue weighted by Crippen LogP contribution is -2.49. The van der Waals surface area contributed by atoms with E-state index in [9.17, 15) is 22.8 Å². The first-order chi connectivity index (χ1) is 14.1. The lowest BCUT2D eigenvalue weighted by atomic mass is 10.0. The molecule has 8 heteroatoms. The fourth-order valence-electron chi connectivity index (χ4n) is 2.56. The number of alkyl halides is 3. The van der Waals surface area contributed by atoms with Gasteiger partial charge in [0, 0.05) is 5.56 Å². The van der Waals surface area contributed by atoms with E-state index in [1.807, 2.05) is 0 Å². The molecule has 0 fully saturated rings. The molecule has 0 aliphatic heterocycles. The van der Waals surface area contributed by atoms with Crippen molar-refractivity contribution in [3.8, 4) is 11.8 Å². The number of benzene rings is 2. The molecule has 0 bridgehead atoms. The smallest absolute Gasteiger partial charge is 0.343 e. The number of hydrogen-bond acceptors (Lipinski definition) is 2. The van der Waals surface area contributed by atoms with Gasteiger partial charge in [0.2, 0.25) is 5.91 Å². The van der Waals surface area contributed by atoms with Gasteiger partial charge in [0.15, 0.2) is 0 Å². The molecule has 1 unspecified atom stereocenters. The fraction of sp³-hybridized carbons (Fsp3) is 0.273. The van der Waals surface area contributed by atoms with E-state index in [4.69, 9.17) is 11.6 Å². The maximum absolute atomic E-state index is 12.7. The van der Waals surface area contributed by atoms with E-state index in [0.29, 0.717) is 0 Å². The van der Waals surface area contributed by atoms with E-state index in [2.05, 4.69) is 22.5 Å². The molecule has 0 aliphatic rings. The van der Waals surface area contributed by atoms with E-state index in [0.717, 1.165) is 12.1 Å². The number of carbonyl (C=O) groups is 2. The number of amides is 2. The Morgan fingerprint density at radius 1 is 1.10 bits per heavy atom. The molecular formula is C22H20ClF3N2O2. The first kappa shape index (κ1) is 23.3. The largest absolute Gasteiger partial charge is 0.416 e. The van der Waals surface area contributed by atoms with Gasteiger partial charge in [-0.2, -0.15) is 13.2 Å². The highest BCUT2D eigenvalue weighted by atomic mass is 35.5. The normalized spacial score (nSPS) is 12.0. The van der Waals surface area contributed by atoms with Crippen LogP contribution in [0.15, 0.2) is 48.5 Å². The van der Waals surface area contributed by atoms with Crippen molar-refractivity contribution in [3.63, 3.8) is 0 Å². The van der Waals surface area contributed by atoms with Crippen molar-refractivity contribution < 1.29 is 22.8 Å².